The van der Waals surface area contributed by atoms with E-state index in [0.717, 1.165) is 23.8 Å². The summed E-state index contributed by atoms with van der Waals surface area (Å²) in [5.41, 5.74) is 1.01. The number of thioether (sulfide) groups is 1. The Labute approximate surface area is 190 Å². The fraction of sp³-hybridized carbons (Fsp3) is 0.391. The van der Waals surface area contributed by atoms with E-state index < -0.39 is 0 Å². The SMILES string of the molecule is CN(C(=O)CSc1nnc(C2CC2)n1C1CC1)c1ccccc1C(=O)NCc1ccco1. The lowest BCUT2D eigenvalue weighted by Crippen LogP contribution is -2.31. The minimum absolute atomic E-state index is 0.0976. The molecule has 5 rings (SSSR count). The molecule has 0 saturated heterocycles. The zero-order valence-electron chi connectivity index (χ0n) is 17.9. The van der Waals surface area contributed by atoms with Crippen LogP contribution in [0.1, 0.15) is 59.6 Å². The Kier molecular flexibility index (Phi) is 5.73. The highest BCUT2D eigenvalue weighted by atomic mass is 32.2. The van der Waals surface area contributed by atoms with Crippen molar-refractivity contribution in [3.8, 4) is 0 Å². The second-order valence-corrected chi connectivity index (χ2v) is 9.18. The van der Waals surface area contributed by atoms with Gasteiger partial charge in [0.15, 0.2) is 5.16 Å². The van der Waals surface area contributed by atoms with E-state index in [9.17, 15) is 9.59 Å². The van der Waals surface area contributed by atoms with Gasteiger partial charge in [-0.05, 0) is 49.9 Å². The summed E-state index contributed by atoms with van der Waals surface area (Å²) in [5, 5.41) is 12.4. The van der Waals surface area contributed by atoms with Crippen LogP contribution in [0.5, 0.6) is 0 Å². The first-order valence-corrected chi connectivity index (χ1v) is 11.8. The zero-order chi connectivity index (χ0) is 22.1. The summed E-state index contributed by atoms with van der Waals surface area (Å²) in [6.45, 7) is 0.286. The predicted molar refractivity (Wildman–Crippen MR) is 121 cm³/mol. The van der Waals surface area contributed by atoms with Crippen molar-refractivity contribution in [2.45, 2.75) is 49.3 Å². The summed E-state index contributed by atoms with van der Waals surface area (Å²) in [7, 11) is 1.70. The lowest BCUT2D eigenvalue weighted by molar-refractivity contribution is -0.115. The highest BCUT2D eigenvalue weighted by Crippen LogP contribution is 2.46. The van der Waals surface area contributed by atoms with Gasteiger partial charge in [0.2, 0.25) is 5.91 Å². The van der Waals surface area contributed by atoms with Crippen molar-refractivity contribution in [2.75, 3.05) is 17.7 Å². The first-order valence-electron chi connectivity index (χ1n) is 10.9. The average molecular weight is 452 g/mol. The highest BCUT2D eigenvalue weighted by molar-refractivity contribution is 7.99. The maximum absolute atomic E-state index is 13.0. The van der Waals surface area contributed by atoms with Crippen LogP contribution in [0.3, 0.4) is 0 Å². The fourth-order valence-corrected chi connectivity index (χ4v) is 4.60. The molecule has 2 amide bonds. The molecule has 32 heavy (non-hydrogen) atoms. The quantitative estimate of drug-likeness (QED) is 0.498. The largest absolute Gasteiger partial charge is 0.467 e. The monoisotopic (exact) mass is 451 g/mol. The first kappa shape index (κ1) is 20.8. The van der Waals surface area contributed by atoms with Crippen LogP contribution in [-0.2, 0) is 11.3 Å². The smallest absolute Gasteiger partial charge is 0.253 e. The van der Waals surface area contributed by atoms with Crippen molar-refractivity contribution in [1.82, 2.24) is 20.1 Å². The molecule has 9 heteroatoms. The number of rotatable bonds is 9. The van der Waals surface area contributed by atoms with Crippen molar-refractivity contribution in [1.29, 1.82) is 0 Å². The van der Waals surface area contributed by atoms with Gasteiger partial charge < -0.3 is 19.2 Å². The van der Waals surface area contributed by atoms with Gasteiger partial charge in [-0.1, -0.05) is 23.9 Å². The van der Waals surface area contributed by atoms with Gasteiger partial charge in [0.25, 0.3) is 5.91 Å². The maximum atomic E-state index is 13.0. The number of aromatic nitrogens is 3. The molecule has 0 spiro atoms. The lowest BCUT2D eigenvalue weighted by Gasteiger charge is -2.20. The molecular weight excluding hydrogens is 426 g/mol. The van der Waals surface area contributed by atoms with Crippen LogP contribution in [0, 0.1) is 0 Å². The summed E-state index contributed by atoms with van der Waals surface area (Å²) < 4.78 is 7.51. The van der Waals surface area contributed by atoms with E-state index >= 15 is 0 Å². The van der Waals surface area contributed by atoms with Crippen LogP contribution in [-0.4, -0.2) is 39.4 Å². The van der Waals surface area contributed by atoms with Gasteiger partial charge in [0.05, 0.1) is 29.8 Å². The van der Waals surface area contributed by atoms with Crippen LogP contribution in [0.2, 0.25) is 0 Å². The molecule has 2 saturated carbocycles. The van der Waals surface area contributed by atoms with Gasteiger partial charge in [-0.3, -0.25) is 9.59 Å². The molecule has 166 valence electrons. The number of hydrogen-bond donors (Lipinski definition) is 1. The molecule has 0 unspecified atom stereocenters. The Morgan fingerprint density at radius 3 is 2.69 bits per heavy atom. The van der Waals surface area contributed by atoms with Crippen molar-refractivity contribution >= 4 is 29.3 Å². The molecule has 2 heterocycles. The number of para-hydroxylation sites is 1. The molecule has 2 aliphatic carbocycles. The third kappa shape index (κ3) is 4.43. The number of benzene rings is 1. The molecule has 2 aromatic heterocycles. The second-order valence-electron chi connectivity index (χ2n) is 8.24. The number of furan rings is 1. The van der Waals surface area contributed by atoms with Gasteiger partial charge >= 0.3 is 0 Å². The van der Waals surface area contributed by atoms with Gasteiger partial charge in [0, 0.05) is 19.0 Å². The third-order valence-corrected chi connectivity index (χ3v) is 6.69. The Morgan fingerprint density at radius 1 is 1.16 bits per heavy atom. The third-order valence-electron chi connectivity index (χ3n) is 5.76. The first-order chi connectivity index (χ1) is 15.6. The normalized spacial score (nSPS) is 15.5. The molecule has 0 atom stereocenters. The molecule has 1 N–H and O–H groups in total. The predicted octanol–water partition coefficient (Wildman–Crippen LogP) is 3.77. The second kappa shape index (κ2) is 8.82. The summed E-state index contributed by atoms with van der Waals surface area (Å²) in [4.78, 5) is 27.3. The standard InChI is InChI=1S/C23H25N5O3S/c1-27(19-7-3-2-6-18(19)22(30)24-13-17-5-4-12-31-17)20(29)14-32-23-26-25-21(15-8-9-15)28(23)16-10-11-16/h2-7,12,15-16H,8-11,13-14H2,1H3,(H,24,30). The van der Waals surface area contributed by atoms with E-state index in [-0.39, 0.29) is 24.1 Å². The van der Waals surface area contributed by atoms with Crippen molar-refractivity contribution in [3.05, 3.63) is 59.8 Å². The summed E-state index contributed by atoms with van der Waals surface area (Å²) in [6.07, 6.45) is 6.22. The average Bonchev–Trinajstić information content (AvgIpc) is 3.75. The Balaban J connectivity index is 1.25. The summed E-state index contributed by atoms with van der Waals surface area (Å²) >= 11 is 1.42. The van der Waals surface area contributed by atoms with E-state index in [1.807, 2.05) is 6.07 Å². The van der Waals surface area contributed by atoms with E-state index in [2.05, 4.69) is 20.1 Å². The Bertz CT molecular complexity index is 1120. The Hall–Kier alpha value is -3.07. The van der Waals surface area contributed by atoms with E-state index in [1.54, 1.807) is 43.6 Å². The van der Waals surface area contributed by atoms with Gasteiger partial charge in [0.1, 0.15) is 11.6 Å². The van der Waals surface area contributed by atoms with Crippen LogP contribution in [0.4, 0.5) is 5.69 Å². The van der Waals surface area contributed by atoms with Gasteiger partial charge in [-0.25, -0.2) is 0 Å². The van der Waals surface area contributed by atoms with Crippen LogP contribution in [0.25, 0.3) is 0 Å². The minimum atomic E-state index is -0.258. The molecule has 2 aliphatic rings. The van der Waals surface area contributed by atoms with Crippen LogP contribution in [0.15, 0.2) is 52.2 Å². The number of nitrogens with one attached hydrogen (secondary N) is 1. The van der Waals surface area contributed by atoms with Crippen LogP contribution < -0.4 is 10.2 Å². The molecule has 1 aromatic carbocycles. The number of amides is 2. The molecule has 3 aromatic rings. The van der Waals surface area contributed by atoms with Crippen LogP contribution >= 0.6 is 11.8 Å². The number of carbonyl (C=O) groups excluding carboxylic acids is 2. The maximum Gasteiger partial charge on any atom is 0.253 e. The molecule has 0 bridgehead atoms. The van der Waals surface area contributed by atoms with Crippen molar-refractivity contribution < 1.29 is 14.0 Å². The number of anilines is 1. The fourth-order valence-electron chi connectivity index (χ4n) is 3.67. The zero-order valence-corrected chi connectivity index (χ0v) is 18.7. The van der Waals surface area contributed by atoms with E-state index in [1.165, 1.54) is 29.5 Å². The molecule has 0 radical (unpaired) electrons. The number of carbonyl (C=O) groups is 2. The molecular formula is C23H25N5O3S. The number of nitrogens with zero attached hydrogens (tertiary/aromatic N) is 4. The van der Waals surface area contributed by atoms with Gasteiger partial charge in [-0.2, -0.15) is 0 Å². The van der Waals surface area contributed by atoms with Gasteiger partial charge in [-0.15, -0.1) is 10.2 Å². The molecule has 8 nitrogen and oxygen atoms in total. The van der Waals surface area contributed by atoms with E-state index in [4.69, 9.17) is 4.42 Å². The van der Waals surface area contributed by atoms with Crippen molar-refractivity contribution in [2.24, 2.45) is 0 Å². The van der Waals surface area contributed by atoms with E-state index in [0.29, 0.717) is 29.0 Å². The lowest BCUT2D eigenvalue weighted by atomic mass is 10.1. The minimum Gasteiger partial charge on any atom is -0.467 e. The van der Waals surface area contributed by atoms with Crippen molar-refractivity contribution in [3.63, 3.8) is 0 Å². The topological polar surface area (TPSA) is 93.3 Å². The molecule has 0 aliphatic heterocycles. The highest BCUT2D eigenvalue weighted by Gasteiger charge is 2.36. The molecule has 2 fully saturated rings. The number of hydrogen-bond acceptors (Lipinski definition) is 6. The summed E-state index contributed by atoms with van der Waals surface area (Å²) in [5.74, 6) is 2.15. The Morgan fingerprint density at radius 2 is 1.97 bits per heavy atom. The summed E-state index contributed by atoms with van der Waals surface area (Å²) in [6, 6.07) is 11.2.